The lowest BCUT2D eigenvalue weighted by Gasteiger charge is -1.82. The molecule has 0 saturated heterocycles. The van der Waals surface area contributed by atoms with Gasteiger partial charge in [-0.15, -0.1) is 0 Å². The van der Waals surface area contributed by atoms with E-state index in [9.17, 15) is 0 Å². The van der Waals surface area contributed by atoms with Crippen LogP contribution in [0.25, 0.3) is 0 Å². The molecule has 3 nitrogen and oxygen atoms in total. The summed E-state index contributed by atoms with van der Waals surface area (Å²) in [6, 6.07) is 0. The van der Waals surface area contributed by atoms with E-state index in [2.05, 4.69) is 16.6 Å². The minimum atomic E-state index is 0.426. The van der Waals surface area contributed by atoms with Gasteiger partial charge in [0.2, 0.25) is 0 Å². The van der Waals surface area contributed by atoms with Crippen LogP contribution in [0.15, 0.2) is 22.4 Å². The van der Waals surface area contributed by atoms with Gasteiger partial charge in [-0.3, -0.25) is 0 Å². The molecule has 3 heteroatoms. The second kappa shape index (κ2) is 4.05. The molecule has 0 radical (unpaired) electrons. The van der Waals surface area contributed by atoms with Crippen molar-refractivity contribution in [1.82, 2.24) is 0 Å². The largest absolute Gasteiger partial charge is 0.390 e. The Balaban J connectivity index is 3.66. The Labute approximate surface area is 48.6 Å². The van der Waals surface area contributed by atoms with Gasteiger partial charge in [0.25, 0.3) is 0 Å². The molecule has 0 fully saturated rings. The fourth-order valence-electron chi connectivity index (χ4n) is 0.268. The Morgan fingerprint density at radius 3 is 2.62 bits per heavy atom. The van der Waals surface area contributed by atoms with E-state index in [1.807, 2.05) is 0 Å². The number of rotatable bonds is 2. The first-order valence-electron chi connectivity index (χ1n) is 2.23. The van der Waals surface area contributed by atoms with E-state index in [-0.39, 0.29) is 0 Å². The highest BCUT2D eigenvalue weighted by Gasteiger charge is 1.73. The summed E-state index contributed by atoms with van der Waals surface area (Å²) in [7, 11) is 0. The molecule has 2 N–H and O–H groups in total. The molecule has 0 saturated carbocycles. The predicted molar refractivity (Wildman–Crippen MR) is 36.0 cm³/mol. The molecular formula is C5H9N3. The van der Waals surface area contributed by atoms with Gasteiger partial charge in [-0.2, -0.15) is 0 Å². The van der Waals surface area contributed by atoms with Crippen LogP contribution in [0.5, 0.6) is 0 Å². The lowest BCUT2D eigenvalue weighted by molar-refractivity contribution is 1.27. The normalized spacial score (nSPS) is 11.1. The number of aliphatic imine (C=N–C) groups is 2. The number of hydrogen-bond acceptors (Lipinski definition) is 2. The summed E-state index contributed by atoms with van der Waals surface area (Å²) < 4.78 is 0. The summed E-state index contributed by atoms with van der Waals surface area (Å²) in [6.45, 7) is 5.25. The standard InChI is InChI=1S/C5H9N3/c1-3-7-5(2)8-4-6/h3-4H,2H2,1H3,(H2,6,8). The second-order valence-electron chi connectivity index (χ2n) is 1.08. The number of nitrogens with zero attached hydrogens (tertiary/aromatic N) is 2. The zero-order valence-electron chi connectivity index (χ0n) is 4.83. The quantitative estimate of drug-likeness (QED) is 0.410. The third-order valence-corrected chi connectivity index (χ3v) is 0.502. The van der Waals surface area contributed by atoms with Crippen LogP contribution >= 0.6 is 0 Å². The van der Waals surface area contributed by atoms with Crippen molar-refractivity contribution in [2.45, 2.75) is 6.92 Å². The average Bonchev–Trinajstić information content (AvgIpc) is 1.68. The average molecular weight is 111 g/mol. The molecule has 0 amide bonds. The van der Waals surface area contributed by atoms with Crippen LogP contribution in [0.3, 0.4) is 0 Å². The maximum absolute atomic E-state index is 4.93. The Kier molecular flexibility index (Phi) is 3.48. The Morgan fingerprint density at radius 1 is 1.62 bits per heavy atom. The number of hydrogen-bond donors (Lipinski definition) is 1. The topological polar surface area (TPSA) is 50.7 Å². The first-order valence-corrected chi connectivity index (χ1v) is 2.23. The molecule has 0 aromatic carbocycles. The van der Waals surface area contributed by atoms with E-state index in [4.69, 9.17) is 5.73 Å². The van der Waals surface area contributed by atoms with Crippen molar-refractivity contribution in [3.05, 3.63) is 12.4 Å². The lowest BCUT2D eigenvalue weighted by Crippen LogP contribution is -1.87. The van der Waals surface area contributed by atoms with Crippen molar-refractivity contribution in [1.29, 1.82) is 0 Å². The van der Waals surface area contributed by atoms with Crippen LogP contribution in [-0.2, 0) is 0 Å². The van der Waals surface area contributed by atoms with Crippen LogP contribution in [0, 0.1) is 0 Å². The van der Waals surface area contributed by atoms with Gasteiger partial charge in [-0.05, 0) is 6.92 Å². The molecule has 0 aliphatic heterocycles. The Bertz CT molecular complexity index is 110. The van der Waals surface area contributed by atoms with E-state index in [1.54, 1.807) is 13.1 Å². The van der Waals surface area contributed by atoms with Crippen molar-refractivity contribution in [2.75, 3.05) is 0 Å². The maximum Gasteiger partial charge on any atom is 0.145 e. The van der Waals surface area contributed by atoms with Crippen LogP contribution in [0.2, 0.25) is 0 Å². The fraction of sp³-hybridized carbons (Fsp3) is 0.200. The first kappa shape index (κ1) is 6.88. The molecule has 8 heavy (non-hydrogen) atoms. The molecule has 0 atom stereocenters. The Hall–Kier alpha value is -1.12. The van der Waals surface area contributed by atoms with Gasteiger partial charge in [-0.25, -0.2) is 9.98 Å². The molecule has 0 unspecified atom stereocenters. The molecule has 0 aromatic rings. The summed E-state index contributed by atoms with van der Waals surface area (Å²) in [5.74, 6) is 0.426. The summed E-state index contributed by atoms with van der Waals surface area (Å²) in [5.41, 5.74) is 4.93. The molecule has 0 aliphatic carbocycles. The summed E-state index contributed by atoms with van der Waals surface area (Å²) >= 11 is 0. The highest BCUT2D eigenvalue weighted by atomic mass is 15.0. The predicted octanol–water partition coefficient (Wildman–Crippen LogP) is 0.535. The van der Waals surface area contributed by atoms with Crippen molar-refractivity contribution in [3.63, 3.8) is 0 Å². The SMILES string of the molecule is C=C(N=CC)N=CN. The van der Waals surface area contributed by atoms with E-state index < -0.39 is 0 Å². The molecule has 0 aliphatic rings. The summed E-state index contributed by atoms with van der Waals surface area (Å²) in [6.07, 6.45) is 2.77. The van der Waals surface area contributed by atoms with Crippen molar-refractivity contribution in [2.24, 2.45) is 15.7 Å². The lowest BCUT2D eigenvalue weighted by atomic mass is 10.8. The smallest absolute Gasteiger partial charge is 0.145 e. The van der Waals surface area contributed by atoms with Gasteiger partial charge >= 0.3 is 0 Å². The van der Waals surface area contributed by atoms with Gasteiger partial charge in [0.1, 0.15) is 5.82 Å². The van der Waals surface area contributed by atoms with E-state index >= 15 is 0 Å². The van der Waals surface area contributed by atoms with E-state index in [0.717, 1.165) is 6.34 Å². The van der Waals surface area contributed by atoms with Crippen LogP contribution in [0.1, 0.15) is 6.92 Å². The third kappa shape index (κ3) is 3.08. The molecule has 0 spiro atoms. The molecule has 44 valence electrons. The second-order valence-corrected chi connectivity index (χ2v) is 1.08. The monoisotopic (exact) mass is 111 g/mol. The molecule has 0 rings (SSSR count). The number of nitrogens with two attached hydrogens (primary N) is 1. The maximum atomic E-state index is 4.93. The molecule has 0 bridgehead atoms. The van der Waals surface area contributed by atoms with Gasteiger partial charge in [0, 0.05) is 6.21 Å². The van der Waals surface area contributed by atoms with Gasteiger partial charge in [0.15, 0.2) is 0 Å². The van der Waals surface area contributed by atoms with Gasteiger partial charge in [-0.1, -0.05) is 6.58 Å². The van der Waals surface area contributed by atoms with Crippen LogP contribution in [-0.4, -0.2) is 12.6 Å². The van der Waals surface area contributed by atoms with Gasteiger partial charge < -0.3 is 5.73 Å². The highest BCUT2D eigenvalue weighted by Crippen LogP contribution is 1.88. The molecule has 0 aromatic heterocycles. The highest BCUT2D eigenvalue weighted by molar-refractivity contribution is 5.57. The molecular weight excluding hydrogens is 102 g/mol. The minimum Gasteiger partial charge on any atom is -0.390 e. The molecule has 0 heterocycles. The van der Waals surface area contributed by atoms with Crippen molar-refractivity contribution in [3.8, 4) is 0 Å². The van der Waals surface area contributed by atoms with E-state index in [1.165, 1.54) is 0 Å². The first-order chi connectivity index (χ1) is 3.81. The van der Waals surface area contributed by atoms with Crippen molar-refractivity contribution >= 4 is 12.6 Å². The van der Waals surface area contributed by atoms with Gasteiger partial charge in [0.05, 0.1) is 6.34 Å². The Morgan fingerprint density at radius 2 is 2.25 bits per heavy atom. The summed E-state index contributed by atoms with van der Waals surface area (Å²) in [4.78, 5) is 7.29. The van der Waals surface area contributed by atoms with Crippen molar-refractivity contribution < 1.29 is 0 Å². The van der Waals surface area contributed by atoms with E-state index in [0.29, 0.717) is 5.82 Å². The van der Waals surface area contributed by atoms with Crippen LogP contribution < -0.4 is 5.73 Å². The van der Waals surface area contributed by atoms with Crippen LogP contribution in [0.4, 0.5) is 0 Å². The minimum absolute atomic E-state index is 0.426. The third-order valence-electron chi connectivity index (χ3n) is 0.502. The summed E-state index contributed by atoms with van der Waals surface area (Å²) in [5, 5.41) is 0. The zero-order chi connectivity index (χ0) is 6.41. The fourth-order valence-corrected chi connectivity index (χ4v) is 0.268. The zero-order valence-corrected chi connectivity index (χ0v) is 4.83.